The Morgan fingerprint density at radius 1 is 1.40 bits per heavy atom. The van der Waals surface area contributed by atoms with E-state index in [-0.39, 0.29) is 5.92 Å². The van der Waals surface area contributed by atoms with E-state index in [0.717, 1.165) is 25.1 Å². The average Bonchev–Trinajstić information content (AvgIpc) is 2.25. The number of hydrogen-bond donors (Lipinski definition) is 1. The summed E-state index contributed by atoms with van der Waals surface area (Å²) in [5, 5.41) is 0. The molecule has 0 amide bonds. The van der Waals surface area contributed by atoms with Crippen molar-refractivity contribution >= 4 is 5.82 Å². The van der Waals surface area contributed by atoms with Crippen LogP contribution in [-0.4, -0.2) is 23.2 Å². The fraction of sp³-hybridized carbons (Fsp3) is 0.636. The summed E-state index contributed by atoms with van der Waals surface area (Å²) in [5.41, 5.74) is 6.39. The number of anilines is 1. The number of unbranched alkanes of at least 4 members (excludes halogenated alkanes) is 1. The van der Waals surface area contributed by atoms with E-state index in [2.05, 4.69) is 23.8 Å². The van der Waals surface area contributed by atoms with Crippen LogP contribution in [0.25, 0.3) is 0 Å². The second-order valence-electron chi connectivity index (χ2n) is 3.70. The van der Waals surface area contributed by atoms with Crippen molar-refractivity contribution < 1.29 is 4.74 Å². The van der Waals surface area contributed by atoms with Gasteiger partial charge in [-0.05, 0) is 6.42 Å². The van der Waals surface area contributed by atoms with Gasteiger partial charge in [0.05, 0.1) is 24.7 Å². The Balaban J connectivity index is 2.33. The lowest BCUT2D eigenvalue weighted by Crippen LogP contribution is -2.08. The fourth-order valence-corrected chi connectivity index (χ4v) is 1.19. The fourth-order valence-electron chi connectivity index (χ4n) is 1.19. The molecule has 4 nitrogen and oxygen atoms in total. The molecule has 0 aliphatic heterocycles. The summed E-state index contributed by atoms with van der Waals surface area (Å²) in [6.07, 6.45) is 5.57. The average molecular weight is 209 g/mol. The summed E-state index contributed by atoms with van der Waals surface area (Å²) in [5.74, 6) is 0.729. The molecule has 0 radical (unpaired) electrons. The smallest absolute Gasteiger partial charge is 0.141 e. The van der Waals surface area contributed by atoms with Crippen molar-refractivity contribution in [1.82, 2.24) is 9.97 Å². The highest BCUT2D eigenvalue weighted by Crippen LogP contribution is 2.12. The van der Waals surface area contributed by atoms with Crippen LogP contribution in [0.2, 0.25) is 0 Å². The molecule has 0 aliphatic rings. The molecule has 84 valence electrons. The van der Waals surface area contributed by atoms with E-state index < -0.39 is 0 Å². The molecule has 15 heavy (non-hydrogen) atoms. The van der Waals surface area contributed by atoms with Crippen molar-refractivity contribution in [2.24, 2.45) is 0 Å². The third kappa shape index (κ3) is 4.25. The van der Waals surface area contributed by atoms with Crippen LogP contribution in [0.4, 0.5) is 5.82 Å². The summed E-state index contributed by atoms with van der Waals surface area (Å²) >= 11 is 0. The minimum absolute atomic E-state index is 0.273. The van der Waals surface area contributed by atoms with Crippen LogP contribution < -0.4 is 5.73 Å². The molecule has 1 aromatic rings. The summed E-state index contributed by atoms with van der Waals surface area (Å²) in [6.45, 7) is 5.74. The summed E-state index contributed by atoms with van der Waals surface area (Å²) in [7, 11) is 0. The molecule has 1 aromatic heterocycles. The molecule has 0 bridgehead atoms. The Kier molecular flexibility index (Phi) is 5.04. The minimum atomic E-state index is 0.273. The van der Waals surface area contributed by atoms with Crippen LogP contribution in [0.1, 0.15) is 38.3 Å². The van der Waals surface area contributed by atoms with Crippen LogP contribution in [0.5, 0.6) is 0 Å². The molecule has 1 unspecified atom stereocenters. The number of aromatic nitrogens is 2. The predicted molar refractivity (Wildman–Crippen MR) is 60.6 cm³/mol. The van der Waals surface area contributed by atoms with Gasteiger partial charge in [-0.25, -0.2) is 4.98 Å². The van der Waals surface area contributed by atoms with E-state index in [0.29, 0.717) is 12.4 Å². The largest absolute Gasteiger partial charge is 0.382 e. The first-order valence-electron chi connectivity index (χ1n) is 5.39. The molecule has 2 N–H and O–H groups in total. The summed E-state index contributed by atoms with van der Waals surface area (Å²) in [4.78, 5) is 8.21. The number of ether oxygens (including phenoxy) is 1. The molecule has 0 aliphatic carbocycles. The van der Waals surface area contributed by atoms with Gasteiger partial charge >= 0.3 is 0 Å². The number of rotatable bonds is 6. The molecule has 0 fully saturated rings. The number of nitrogens with two attached hydrogens (primary N) is 1. The second kappa shape index (κ2) is 6.35. The minimum Gasteiger partial charge on any atom is -0.382 e. The van der Waals surface area contributed by atoms with Crippen molar-refractivity contribution in [1.29, 1.82) is 0 Å². The molecular formula is C11H19N3O. The van der Waals surface area contributed by atoms with Crippen LogP contribution in [-0.2, 0) is 4.74 Å². The Labute approximate surface area is 90.9 Å². The number of nitrogen functional groups attached to an aromatic ring is 1. The second-order valence-corrected chi connectivity index (χ2v) is 3.70. The van der Waals surface area contributed by atoms with Gasteiger partial charge in [0, 0.05) is 12.5 Å². The molecule has 0 saturated heterocycles. The standard InChI is InChI=1S/C11H19N3O/c1-3-4-5-15-8-9(2)10-6-14-11(12)7-13-10/h6-7,9H,3-5,8H2,1-2H3,(H2,12,14). The zero-order chi connectivity index (χ0) is 11.1. The Morgan fingerprint density at radius 3 is 2.80 bits per heavy atom. The van der Waals surface area contributed by atoms with Crippen LogP contribution in [0.3, 0.4) is 0 Å². The maximum atomic E-state index is 5.52. The normalized spacial score (nSPS) is 12.7. The number of nitrogens with zero attached hydrogens (tertiary/aromatic N) is 2. The summed E-state index contributed by atoms with van der Waals surface area (Å²) in [6, 6.07) is 0. The first kappa shape index (κ1) is 11.9. The molecule has 4 heteroatoms. The van der Waals surface area contributed by atoms with Gasteiger partial charge in [0.1, 0.15) is 5.82 Å². The van der Waals surface area contributed by atoms with Gasteiger partial charge in [0.2, 0.25) is 0 Å². The van der Waals surface area contributed by atoms with Crippen LogP contribution in [0, 0.1) is 0 Å². The molecule has 0 saturated carbocycles. The SMILES string of the molecule is CCCCOCC(C)c1cnc(N)cn1. The van der Waals surface area contributed by atoms with E-state index in [9.17, 15) is 0 Å². The van der Waals surface area contributed by atoms with Gasteiger partial charge in [-0.1, -0.05) is 20.3 Å². The van der Waals surface area contributed by atoms with Gasteiger partial charge in [-0.15, -0.1) is 0 Å². The molecule has 1 atom stereocenters. The molecule has 1 rings (SSSR count). The van der Waals surface area contributed by atoms with E-state index >= 15 is 0 Å². The maximum absolute atomic E-state index is 5.52. The molecule has 0 aromatic carbocycles. The van der Waals surface area contributed by atoms with Crippen LogP contribution >= 0.6 is 0 Å². The first-order valence-corrected chi connectivity index (χ1v) is 5.39. The summed E-state index contributed by atoms with van der Waals surface area (Å²) < 4.78 is 5.52. The van der Waals surface area contributed by atoms with Gasteiger partial charge in [0.15, 0.2) is 0 Å². The first-order chi connectivity index (χ1) is 7.24. The highest BCUT2D eigenvalue weighted by molar-refractivity contribution is 5.23. The van der Waals surface area contributed by atoms with E-state index in [4.69, 9.17) is 10.5 Å². The van der Waals surface area contributed by atoms with Gasteiger partial charge < -0.3 is 10.5 Å². The predicted octanol–water partition coefficient (Wildman–Crippen LogP) is 1.98. The Hall–Kier alpha value is -1.16. The quantitative estimate of drug-likeness (QED) is 0.728. The van der Waals surface area contributed by atoms with E-state index in [1.807, 2.05) is 0 Å². The highest BCUT2D eigenvalue weighted by atomic mass is 16.5. The maximum Gasteiger partial charge on any atom is 0.141 e. The van der Waals surface area contributed by atoms with Gasteiger partial charge in [-0.3, -0.25) is 4.98 Å². The molecule has 1 heterocycles. The topological polar surface area (TPSA) is 61.0 Å². The van der Waals surface area contributed by atoms with Gasteiger partial charge in [0.25, 0.3) is 0 Å². The Morgan fingerprint density at radius 2 is 2.20 bits per heavy atom. The molecule has 0 spiro atoms. The lowest BCUT2D eigenvalue weighted by Gasteiger charge is -2.10. The third-order valence-corrected chi connectivity index (χ3v) is 2.21. The lowest BCUT2D eigenvalue weighted by atomic mass is 10.1. The zero-order valence-corrected chi connectivity index (χ0v) is 9.44. The van der Waals surface area contributed by atoms with Crippen LogP contribution in [0.15, 0.2) is 12.4 Å². The van der Waals surface area contributed by atoms with Crippen molar-refractivity contribution in [2.75, 3.05) is 18.9 Å². The highest BCUT2D eigenvalue weighted by Gasteiger charge is 2.07. The van der Waals surface area contributed by atoms with Crippen molar-refractivity contribution in [3.63, 3.8) is 0 Å². The Bertz CT molecular complexity index is 274. The van der Waals surface area contributed by atoms with E-state index in [1.165, 1.54) is 0 Å². The van der Waals surface area contributed by atoms with Crippen molar-refractivity contribution in [2.45, 2.75) is 32.6 Å². The third-order valence-electron chi connectivity index (χ3n) is 2.21. The number of hydrogen-bond acceptors (Lipinski definition) is 4. The zero-order valence-electron chi connectivity index (χ0n) is 9.44. The lowest BCUT2D eigenvalue weighted by molar-refractivity contribution is 0.120. The van der Waals surface area contributed by atoms with Crippen molar-refractivity contribution in [3.05, 3.63) is 18.1 Å². The molecular weight excluding hydrogens is 190 g/mol. The van der Waals surface area contributed by atoms with Gasteiger partial charge in [-0.2, -0.15) is 0 Å². The van der Waals surface area contributed by atoms with Crippen molar-refractivity contribution in [3.8, 4) is 0 Å². The monoisotopic (exact) mass is 209 g/mol. The van der Waals surface area contributed by atoms with E-state index in [1.54, 1.807) is 12.4 Å².